The Hall–Kier alpha value is -0.610. The zero-order valence-corrected chi connectivity index (χ0v) is 12.4. The van der Waals surface area contributed by atoms with Crippen molar-refractivity contribution in [2.24, 2.45) is 5.41 Å². The van der Waals surface area contributed by atoms with Gasteiger partial charge in [-0.05, 0) is 45.6 Å². The molecule has 1 amide bonds. The van der Waals surface area contributed by atoms with E-state index >= 15 is 0 Å². The van der Waals surface area contributed by atoms with Crippen LogP contribution in [0.1, 0.15) is 46.0 Å². The van der Waals surface area contributed by atoms with Crippen LogP contribution in [0.5, 0.6) is 0 Å². The highest BCUT2D eigenvalue weighted by Crippen LogP contribution is 2.33. The fourth-order valence-corrected chi connectivity index (χ4v) is 3.40. The van der Waals surface area contributed by atoms with Gasteiger partial charge in [-0.3, -0.25) is 4.79 Å². The normalized spacial score (nSPS) is 29.5. The number of piperidine rings is 2. The highest BCUT2D eigenvalue weighted by Gasteiger charge is 2.41. The third-order valence-corrected chi connectivity index (χ3v) is 4.73. The maximum Gasteiger partial charge on any atom is 0.230 e. The molecule has 0 aromatic heterocycles. The summed E-state index contributed by atoms with van der Waals surface area (Å²) in [5.41, 5.74) is -0.142. The molecule has 0 aromatic carbocycles. The van der Waals surface area contributed by atoms with Crippen LogP contribution >= 0.6 is 0 Å². The first-order chi connectivity index (χ1) is 9.22. The van der Waals surface area contributed by atoms with Gasteiger partial charge in [0.2, 0.25) is 5.91 Å². The Kier molecular flexibility index (Phi) is 5.22. The Morgan fingerprint density at radius 1 is 1.37 bits per heavy atom. The van der Waals surface area contributed by atoms with Gasteiger partial charge < -0.3 is 15.0 Å². The van der Waals surface area contributed by atoms with Crippen LogP contribution in [-0.2, 0) is 9.53 Å². The molecular formula is C15H28N2O2. The molecule has 2 saturated heterocycles. The predicted molar refractivity (Wildman–Crippen MR) is 76.1 cm³/mol. The van der Waals surface area contributed by atoms with Crippen molar-refractivity contribution in [3.63, 3.8) is 0 Å². The lowest BCUT2D eigenvalue weighted by Gasteiger charge is -2.41. The van der Waals surface area contributed by atoms with Gasteiger partial charge in [0.05, 0.1) is 11.5 Å². The Labute approximate surface area is 116 Å². The van der Waals surface area contributed by atoms with Crippen molar-refractivity contribution in [3.05, 3.63) is 0 Å². The fourth-order valence-electron chi connectivity index (χ4n) is 3.40. The van der Waals surface area contributed by atoms with Crippen molar-refractivity contribution < 1.29 is 9.53 Å². The number of amides is 1. The number of ether oxygens (including phenoxy) is 1. The number of hydrogen-bond donors (Lipinski definition) is 1. The number of rotatable bonds is 4. The second kappa shape index (κ2) is 6.71. The average Bonchev–Trinajstić information content (AvgIpc) is 2.48. The summed E-state index contributed by atoms with van der Waals surface area (Å²) in [6.07, 6.45) is 5.45. The molecule has 2 heterocycles. The van der Waals surface area contributed by atoms with Crippen LogP contribution in [-0.4, -0.2) is 49.7 Å². The highest BCUT2D eigenvalue weighted by atomic mass is 16.5. The molecule has 2 rings (SSSR count). The minimum atomic E-state index is -0.142. The van der Waals surface area contributed by atoms with Crippen molar-refractivity contribution >= 4 is 5.91 Å². The fraction of sp³-hybridized carbons (Fsp3) is 0.933. The van der Waals surface area contributed by atoms with Gasteiger partial charge in [-0.25, -0.2) is 0 Å². The molecule has 2 fully saturated rings. The van der Waals surface area contributed by atoms with Gasteiger partial charge in [0.1, 0.15) is 0 Å². The zero-order chi connectivity index (χ0) is 13.7. The highest BCUT2D eigenvalue weighted by molar-refractivity contribution is 5.83. The zero-order valence-electron chi connectivity index (χ0n) is 12.4. The van der Waals surface area contributed by atoms with Crippen molar-refractivity contribution in [3.8, 4) is 0 Å². The van der Waals surface area contributed by atoms with Crippen LogP contribution in [0.2, 0.25) is 0 Å². The lowest BCUT2D eigenvalue weighted by atomic mass is 9.76. The number of carbonyl (C=O) groups is 1. The second-order valence-corrected chi connectivity index (χ2v) is 5.86. The van der Waals surface area contributed by atoms with Gasteiger partial charge in [-0.15, -0.1) is 0 Å². The van der Waals surface area contributed by atoms with Crippen LogP contribution in [0.25, 0.3) is 0 Å². The van der Waals surface area contributed by atoms with Crippen LogP contribution in [0, 0.1) is 5.41 Å². The number of hydrogen-bond acceptors (Lipinski definition) is 3. The van der Waals surface area contributed by atoms with Crippen molar-refractivity contribution in [2.75, 3.05) is 32.8 Å². The molecule has 2 aliphatic heterocycles. The topological polar surface area (TPSA) is 41.6 Å². The van der Waals surface area contributed by atoms with Crippen molar-refractivity contribution in [1.29, 1.82) is 0 Å². The average molecular weight is 268 g/mol. The van der Waals surface area contributed by atoms with Crippen LogP contribution < -0.4 is 5.32 Å². The van der Waals surface area contributed by atoms with E-state index in [1.165, 1.54) is 0 Å². The van der Waals surface area contributed by atoms with Gasteiger partial charge in [0.15, 0.2) is 0 Å². The molecule has 110 valence electrons. The third kappa shape index (κ3) is 3.29. The first-order valence-corrected chi connectivity index (χ1v) is 7.83. The predicted octanol–water partition coefficient (Wildman–Crippen LogP) is 1.79. The minimum Gasteiger partial charge on any atom is -0.378 e. The van der Waals surface area contributed by atoms with E-state index < -0.39 is 0 Å². The van der Waals surface area contributed by atoms with E-state index in [4.69, 9.17) is 4.74 Å². The minimum absolute atomic E-state index is 0.142. The summed E-state index contributed by atoms with van der Waals surface area (Å²) in [4.78, 5) is 14.9. The van der Waals surface area contributed by atoms with E-state index in [2.05, 4.69) is 17.1 Å². The Morgan fingerprint density at radius 2 is 2.11 bits per heavy atom. The van der Waals surface area contributed by atoms with E-state index in [9.17, 15) is 4.79 Å². The Balaban J connectivity index is 1.92. The largest absolute Gasteiger partial charge is 0.378 e. The van der Waals surface area contributed by atoms with Gasteiger partial charge in [0.25, 0.3) is 0 Å². The lowest BCUT2D eigenvalue weighted by Crippen LogP contribution is -2.53. The molecule has 0 radical (unpaired) electrons. The van der Waals surface area contributed by atoms with E-state index in [-0.39, 0.29) is 5.41 Å². The smallest absolute Gasteiger partial charge is 0.230 e. The van der Waals surface area contributed by atoms with Gasteiger partial charge in [-0.2, -0.15) is 0 Å². The van der Waals surface area contributed by atoms with Gasteiger partial charge in [-0.1, -0.05) is 6.92 Å². The Morgan fingerprint density at radius 3 is 2.63 bits per heavy atom. The maximum absolute atomic E-state index is 12.8. The number of carbonyl (C=O) groups excluding carboxylic acids is 1. The molecule has 4 nitrogen and oxygen atoms in total. The molecular weight excluding hydrogens is 240 g/mol. The summed E-state index contributed by atoms with van der Waals surface area (Å²) in [5, 5.41) is 3.40. The molecule has 1 N–H and O–H groups in total. The third-order valence-electron chi connectivity index (χ3n) is 4.73. The molecule has 19 heavy (non-hydrogen) atoms. The molecule has 2 aliphatic rings. The van der Waals surface area contributed by atoms with E-state index in [0.717, 1.165) is 64.9 Å². The quantitative estimate of drug-likeness (QED) is 0.845. The van der Waals surface area contributed by atoms with Gasteiger partial charge >= 0.3 is 0 Å². The van der Waals surface area contributed by atoms with Gasteiger partial charge in [0, 0.05) is 26.2 Å². The first kappa shape index (κ1) is 14.8. The van der Waals surface area contributed by atoms with Crippen LogP contribution in [0.3, 0.4) is 0 Å². The summed E-state index contributed by atoms with van der Waals surface area (Å²) < 4.78 is 5.66. The summed E-state index contributed by atoms with van der Waals surface area (Å²) >= 11 is 0. The SMILES string of the molecule is CCOC1CCN(C(=O)C2(CC)CCCNC2)CC1. The number of likely N-dealkylation sites (tertiary alicyclic amines) is 1. The monoisotopic (exact) mass is 268 g/mol. The van der Waals surface area contributed by atoms with E-state index in [0.29, 0.717) is 12.0 Å². The van der Waals surface area contributed by atoms with E-state index in [1.54, 1.807) is 0 Å². The Bertz CT molecular complexity index is 293. The number of nitrogens with one attached hydrogen (secondary N) is 1. The standard InChI is InChI=1S/C15H28N2O2/c1-3-15(8-5-9-16-12-15)14(18)17-10-6-13(7-11-17)19-4-2/h13,16H,3-12H2,1-2H3. The second-order valence-electron chi connectivity index (χ2n) is 5.86. The lowest BCUT2D eigenvalue weighted by molar-refractivity contribution is -0.146. The molecule has 0 saturated carbocycles. The molecule has 0 aromatic rings. The van der Waals surface area contributed by atoms with Crippen LogP contribution in [0.4, 0.5) is 0 Å². The molecule has 0 bridgehead atoms. The van der Waals surface area contributed by atoms with Crippen molar-refractivity contribution in [2.45, 2.75) is 52.1 Å². The van der Waals surface area contributed by atoms with E-state index in [1.807, 2.05) is 6.92 Å². The number of nitrogens with zero attached hydrogens (tertiary/aromatic N) is 1. The molecule has 0 spiro atoms. The summed E-state index contributed by atoms with van der Waals surface area (Å²) in [5.74, 6) is 0.372. The molecule has 0 aliphatic carbocycles. The molecule has 4 heteroatoms. The van der Waals surface area contributed by atoms with Crippen LogP contribution in [0.15, 0.2) is 0 Å². The molecule has 1 atom stereocenters. The maximum atomic E-state index is 12.8. The summed E-state index contributed by atoms with van der Waals surface area (Å²) in [6.45, 7) is 8.61. The first-order valence-electron chi connectivity index (χ1n) is 7.83. The summed E-state index contributed by atoms with van der Waals surface area (Å²) in [6, 6.07) is 0. The summed E-state index contributed by atoms with van der Waals surface area (Å²) in [7, 11) is 0. The molecule has 1 unspecified atom stereocenters. The van der Waals surface area contributed by atoms with Crippen molar-refractivity contribution in [1.82, 2.24) is 10.2 Å².